The minimum absolute atomic E-state index is 0.0913. The molecule has 0 fully saturated rings. The van der Waals surface area contributed by atoms with Gasteiger partial charge < -0.3 is 0 Å². The lowest BCUT2D eigenvalue weighted by atomic mass is 9.83. The van der Waals surface area contributed by atoms with E-state index in [-0.39, 0.29) is 10.8 Å². The average molecular weight is 253 g/mol. The van der Waals surface area contributed by atoms with E-state index in [1.807, 2.05) is 0 Å². The second-order valence-corrected chi connectivity index (χ2v) is 6.24. The third kappa shape index (κ3) is 1.99. The summed E-state index contributed by atoms with van der Waals surface area (Å²) in [5.74, 6) is 0. The van der Waals surface area contributed by atoms with Gasteiger partial charge in [0.2, 0.25) is 0 Å². The summed E-state index contributed by atoms with van der Waals surface area (Å²) >= 11 is 8.41. The Kier molecular flexibility index (Phi) is 3.27. The van der Waals surface area contributed by atoms with Crippen LogP contribution in [0, 0.1) is 5.41 Å². The molecule has 1 heterocycles. The van der Waals surface area contributed by atoms with Crippen LogP contribution in [0.3, 0.4) is 0 Å². The van der Waals surface area contributed by atoms with Gasteiger partial charge >= 0.3 is 0 Å². The Morgan fingerprint density at radius 2 is 2.00 bits per heavy atom. The van der Waals surface area contributed by atoms with Gasteiger partial charge in [0.15, 0.2) is 0 Å². The number of fused-ring (bicyclic) bond motifs is 1. The maximum absolute atomic E-state index is 6.63. The molecular formula is C14H17ClS. The van der Waals surface area contributed by atoms with Gasteiger partial charge in [-0.1, -0.05) is 39.0 Å². The molecule has 86 valence electrons. The second kappa shape index (κ2) is 4.38. The van der Waals surface area contributed by atoms with E-state index in [0.29, 0.717) is 0 Å². The fourth-order valence-corrected chi connectivity index (χ4v) is 3.19. The van der Waals surface area contributed by atoms with Crippen LogP contribution in [0.25, 0.3) is 10.1 Å². The van der Waals surface area contributed by atoms with Crippen LogP contribution in [0.1, 0.15) is 38.1 Å². The highest BCUT2D eigenvalue weighted by Crippen LogP contribution is 2.45. The topological polar surface area (TPSA) is 0 Å². The van der Waals surface area contributed by atoms with Crippen molar-refractivity contribution in [2.24, 2.45) is 5.41 Å². The monoisotopic (exact) mass is 252 g/mol. The second-order valence-electron chi connectivity index (χ2n) is 4.89. The van der Waals surface area contributed by atoms with Gasteiger partial charge in [0.1, 0.15) is 0 Å². The SMILES string of the molecule is CCC(C)(C)C(Cl)c1csc2ccccc12. The summed E-state index contributed by atoms with van der Waals surface area (Å²) in [6, 6.07) is 8.49. The predicted octanol–water partition coefficient (Wildman–Crippen LogP) is 5.62. The van der Waals surface area contributed by atoms with Crippen molar-refractivity contribution in [2.45, 2.75) is 32.6 Å². The smallest absolute Gasteiger partial charge is 0.0650 e. The zero-order chi connectivity index (χ0) is 11.8. The number of halogens is 1. The van der Waals surface area contributed by atoms with Crippen LogP contribution in [-0.2, 0) is 0 Å². The molecule has 16 heavy (non-hydrogen) atoms. The molecule has 0 N–H and O–H groups in total. The molecule has 2 heteroatoms. The van der Waals surface area contributed by atoms with E-state index in [2.05, 4.69) is 50.4 Å². The van der Waals surface area contributed by atoms with Crippen molar-refractivity contribution in [2.75, 3.05) is 0 Å². The Morgan fingerprint density at radius 3 is 2.69 bits per heavy atom. The Labute approximate surface area is 106 Å². The molecule has 0 amide bonds. The van der Waals surface area contributed by atoms with Gasteiger partial charge in [-0.2, -0.15) is 0 Å². The molecule has 1 atom stereocenters. The number of benzene rings is 1. The molecule has 0 saturated heterocycles. The summed E-state index contributed by atoms with van der Waals surface area (Å²) in [4.78, 5) is 0. The third-order valence-electron chi connectivity index (χ3n) is 3.38. The highest BCUT2D eigenvalue weighted by Gasteiger charge is 2.28. The summed E-state index contributed by atoms with van der Waals surface area (Å²) in [6.07, 6.45) is 1.09. The fraction of sp³-hybridized carbons (Fsp3) is 0.429. The fourth-order valence-electron chi connectivity index (χ4n) is 1.79. The van der Waals surface area contributed by atoms with Crippen LogP contribution in [0.2, 0.25) is 0 Å². The molecule has 0 saturated carbocycles. The maximum atomic E-state index is 6.63. The van der Waals surface area contributed by atoms with E-state index in [0.717, 1.165) is 6.42 Å². The Bertz CT molecular complexity index is 484. The van der Waals surface area contributed by atoms with E-state index >= 15 is 0 Å². The first-order valence-electron chi connectivity index (χ1n) is 5.66. The molecule has 2 aromatic rings. The highest BCUT2D eigenvalue weighted by molar-refractivity contribution is 7.17. The van der Waals surface area contributed by atoms with Crippen LogP contribution >= 0.6 is 22.9 Å². The van der Waals surface area contributed by atoms with Gasteiger partial charge in [-0.15, -0.1) is 22.9 Å². The lowest BCUT2D eigenvalue weighted by Gasteiger charge is -2.28. The molecule has 0 aliphatic rings. The molecular weight excluding hydrogens is 236 g/mol. The predicted molar refractivity (Wildman–Crippen MR) is 74.5 cm³/mol. The molecule has 0 aliphatic heterocycles. The third-order valence-corrected chi connectivity index (χ3v) is 5.19. The first kappa shape index (κ1) is 11.9. The van der Waals surface area contributed by atoms with E-state index in [4.69, 9.17) is 11.6 Å². The molecule has 0 spiro atoms. The molecule has 0 nitrogen and oxygen atoms in total. The van der Waals surface area contributed by atoms with Gasteiger partial charge in [-0.05, 0) is 34.2 Å². The standard InChI is InChI=1S/C14H17ClS/c1-4-14(2,3)13(15)11-9-16-12-8-6-5-7-10(11)12/h5-9,13H,4H2,1-3H3. The Hall–Kier alpha value is -0.530. The van der Waals surface area contributed by atoms with E-state index in [1.165, 1.54) is 15.6 Å². The lowest BCUT2D eigenvalue weighted by molar-refractivity contribution is 0.338. The Morgan fingerprint density at radius 1 is 1.31 bits per heavy atom. The van der Waals surface area contributed by atoms with Crippen LogP contribution in [0.4, 0.5) is 0 Å². The minimum atomic E-state index is 0.0913. The summed E-state index contributed by atoms with van der Waals surface area (Å²) in [5.41, 5.74) is 1.43. The summed E-state index contributed by atoms with van der Waals surface area (Å²) < 4.78 is 1.33. The van der Waals surface area contributed by atoms with Crippen molar-refractivity contribution in [3.8, 4) is 0 Å². The Balaban J connectivity index is 2.48. The van der Waals surface area contributed by atoms with Crippen molar-refractivity contribution in [3.05, 3.63) is 35.2 Å². The summed E-state index contributed by atoms with van der Waals surface area (Å²) in [5, 5.41) is 3.61. The molecule has 1 aromatic heterocycles. The van der Waals surface area contributed by atoms with E-state index in [1.54, 1.807) is 11.3 Å². The van der Waals surface area contributed by atoms with Crippen molar-refractivity contribution >= 4 is 33.0 Å². The zero-order valence-corrected chi connectivity index (χ0v) is 11.5. The van der Waals surface area contributed by atoms with Gasteiger partial charge in [0.05, 0.1) is 5.38 Å². The minimum Gasteiger partial charge on any atom is -0.143 e. The van der Waals surface area contributed by atoms with Crippen LogP contribution in [-0.4, -0.2) is 0 Å². The number of hydrogen-bond acceptors (Lipinski definition) is 1. The number of thiophene rings is 1. The first-order chi connectivity index (χ1) is 7.56. The van der Waals surface area contributed by atoms with Crippen molar-refractivity contribution < 1.29 is 0 Å². The molecule has 1 unspecified atom stereocenters. The maximum Gasteiger partial charge on any atom is 0.0650 e. The van der Waals surface area contributed by atoms with Gasteiger partial charge in [0.25, 0.3) is 0 Å². The van der Waals surface area contributed by atoms with Crippen molar-refractivity contribution in [3.63, 3.8) is 0 Å². The molecule has 0 bridgehead atoms. The van der Waals surface area contributed by atoms with Crippen LogP contribution in [0.15, 0.2) is 29.6 Å². The highest BCUT2D eigenvalue weighted by atomic mass is 35.5. The van der Waals surface area contributed by atoms with E-state index in [9.17, 15) is 0 Å². The van der Waals surface area contributed by atoms with E-state index < -0.39 is 0 Å². The normalized spacial score (nSPS) is 14.2. The number of alkyl halides is 1. The molecule has 0 aliphatic carbocycles. The van der Waals surface area contributed by atoms with Gasteiger partial charge in [-0.25, -0.2) is 0 Å². The van der Waals surface area contributed by atoms with Gasteiger partial charge in [0, 0.05) is 4.70 Å². The molecule has 2 rings (SSSR count). The molecule has 0 radical (unpaired) electrons. The quantitative estimate of drug-likeness (QED) is 0.622. The summed E-state index contributed by atoms with van der Waals surface area (Å²) in [6.45, 7) is 6.66. The lowest BCUT2D eigenvalue weighted by Crippen LogP contribution is -2.16. The van der Waals surface area contributed by atoms with Crippen molar-refractivity contribution in [1.82, 2.24) is 0 Å². The number of rotatable bonds is 3. The van der Waals surface area contributed by atoms with Crippen molar-refractivity contribution in [1.29, 1.82) is 0 Å². The molecule has 1 aromatic carbocycles. The number of hydrogen-bond donors (Lipinski definition) is 0. The summed E-state index contributed by atoms with van der Waals surface area (Å²) in [7, 11) is 0. The van der Waals surface area contributed by atoms with Crippen LogP contribution < -0.4 is 0 Å². The largest absolute Gasteiger partial charge is 0.143 e. The van der Waals surface area contributed by atoms with Gasteiger partial charge in [-0.3, -0.25) is 0 Å². The zero-order valence-electron chi connectivity index (χ0n) is 9.96. The average Bonchev–Trinajstić information content (AvgIpc) is 2.71. The van der Waals surface area contributed by atoms with Crippen LogP contribution in [0.5, 0.6) is 0 Å². The first-order valence-corrected chi connectivity index (χ1v) is 6.98.